The molecule has 1 aromatic carbocycles. The second kappa shape index (κ2) is 4.70. The van der Waals surface area contributed by atoms with Gasteiger partial charge in [0.2, 0.25) is 0 Å². The van der Waals surface area contributed by atoms with E-state index in [2.05, 4.69) is 15.9 Å². The summed E-state index contributed by atoms with van der Waals surface area (Å²) in [6.45, 7) is 1.35. The molecule has 0 fully saturated rings. The van der Waals surface area contributed by atoms with Crippen LogP contribution in [0.3, 0.4) is 0 Å². The zero-order valence-corrected chi connectivity index (χ0v) is 9.46. The van der Waals surface area contributed by atoms with E-state index in [0.717, 1.165) is 6.07 Å². The second-order valence-corrected chi connectivity index (χ2v) is 4.01. The van der Waals surface area contributed by atoms with Crippen LogP contribution in [0.2, 0.25) is 0 Å². The lowest BCUT2D eigenvalue weighted by atomic mass is 10.1. The Balaban J connectivity index is 3.08. The third kappa shape index (κ3) is 2.75. The number of hydrogen-bond acceptors (Lipinski definition) is 2. The fraction of sp³-hybridized carbons (Fsp3) is 0.300. The van der Waals surface area contributed by atoms with Crippen molar-refractivity contribution in [3.63, 3.8) is 0 Å². The number of halogens is 3. The number of benzene rings is 1. The Kier molecular flexibility index (Phi) is 3.79. The number of alkyl halides is 3. The summed E-state index contributed by atoms with van der Waals surface area (Å²) < 4.78 is 24.5. The molecule has 0 saturated carbocycles. The van der Waals surface area contributed by atoms with Crippen LogP contribution >= 0.6 is 15.9 Å². The van der Waals surface area contributed by atoms with Gasteiger partial charge in [0.25, 0.3) is 6.43 Å². The summed E-state index contributed by atoms with van der Waals surface area (Å²) in [6, 6.07) is 3.48. The zero-order valence-electron chi connectivity index (χ0n) is 7.88. The van der Waals surface area contributed by atoms with Gasteiger partial charge in [-0.2, -0.15) is 0 Å². The molecule has 0 aromatic heterocycles. The molecule has 15 heavy (non-hydrogen) atoms. The quantitative estimate of drug-likeness (QED) is 0.861. The van der Waals surface area contributed by atoms with Gasteiger partial charge in [-0.25, -0.2) is 8.78 Å². The minimum absolute atomic E-state index is 0.199. The number of rotatable bonds is 3. The Morgan fingerprint density at radius 3 is 2.47 bits per heavy atom. The average Bonchev–Trinajstić information content (AvgIpc) is 2.16. The lowest BCUT2D eigenvalue weighted by Gasteiger charge is -2.10. The first-order valence-corrected chi connectivity index (χ1v) is 5.10. The molecule has 1 rings (SSSR count). The molecule has 0 amide bonds. The van der Waals surface area contributed by atoms with E-state index in [1.165, 1.54) is 19.1 Å². The predicted molar refractivity (Wildman–Crippen MR) is 55.4 cm³/mol. The molecular weight excluding hydrogens is 270 g/mol. The van der Waals surface area contributed by atoms with Gasteiger partial charge in [0.05, 0.1) is 0 Å². The Hall–Kier alpha value is -0.970. The standard InChI is InChI=1S/C10H9BrF2O2/c1-5(14)9(11)7-3-2-6(10(12)13)4-8(7)15/h2-4,9-10,15H,1H3. The highest BCUT2D eigenvalue weighted by Crippen LogP contribution is 2.33. The topological polar surface area (TPSA) is 37.3 Å². The molecule has 1 unspecified atom stereocenters. The van der Waals surface area contributed by atoms with Crippen LogP contribution in [0.1, 0.15) is 29.3 Å². The number of Topliss-reactive ketones (excluding diaryl/α,β-unsaturated/α-hetero) is 1. The van der Waals surface area contributed by atoms with Gasteiger partial charge in [-0.15, -0.1) is 0 Å². The highest BCUT2D eigenvalue weighted by atomic mass is 79.9. The Labute approximate surface area is 94.0 Å². The van der Waals surface area contributed by atoms with Crippen LogP contribution in [-0.2, 0) is 4.79 Å². The maximum Gasteiger partial charge on any atom is 0.263 e. The summed E-state index contributed by atoms with van der Waals surface area (Å²) in [5, 5.41) is 9.44. The number of aromatic hydroxyl groups is 1. The summed E-state index contributed by atoms with van der Waals surface area (Å²) in [6.07, 6.45) is -2.63. The highest BCUT2D eigenvalue weighted by Gasteiger charge is 2.18. The molecule has 1 N–H and O–H groups in total. The van der Waals surface area contributed by atoms with E-state index in [1.807, 2.05) is 0 Å². The van der Waals surface area contributed by atoms with Gasteiger partial charge in [-0.05, 0) is 13.0 Å². The van der Waals surface area contributed by atoms with Gasteiger partial charge in [0.15, 0.2) is 0 Å². The Bertz CT molecular complexity index is 380. The Morgan fingerprint density at radius 2 is 2.07 bits per heavy atom. The van der Waals surface area contributed by atoms with Crippen molar-refractivity contribution in [3.05, 3.63) is 29.3 Å². The summed E-state index contributed by atoms with van der Waals surface area (Å²) in [5.41, 5.74) is 0.0337. The second-order valence-electron chi connectivity index (χ2n) is 3.09. The smallest absolute Gasteiger partial charge is 0.263 e. The molecule has 0 aliphatic carbocycles. The van der Waals surface area contributed by atoms with Crippen molar-refractivity contribution >= 4 is 21.7 Å². The Morgan fingerprint density at radius 1 is 1.47 bits per heavy atom. The maximum absolute atomic E-state index is 12.2. The van der Waals surface area contributed by atoms with E-state index in [-0.39, 0.29) is 17.1 Å². The highest BCUT2D eigenvalue weighted by molar-refractivity contribution is 9.09. The van der Waals surface area contributed by atoms with Crippen molar-refractivity contribution in [2.75, 3.05) is 0 Å². The zero-order chi connectivity index (χ0) is 11.6. The summed E-state index contributed by atoms with van der Waals surface area (Å²) in [4.78, 5) is 10.3. The summed E-state index contributed by atoms with van der Waals surface area (Å²) in [7, 11) is 0. The van der Waals surface area contributed by atoms with Gasteiger partial charge in [0.1, 0.15) is 16.4 Å². The third-order valence-electron chi connectivity index (χ3n) is 1.94. The van der Waals surface area contributed by atoms with Crippen molar-refractivity contribution in [1.82, 2.24) is 0 Å². The van der Waals surface area contributed by atoms with Crippen LogP contribution in [0.5, 0.6) is 5.75 Å². The van der Waals surface area contributed by atoms with Crippen LogP contribution < -0.4 is 0 Å². The third-order valence-corrected chi connectivity index (χ3v) is 3.07. The molecule has 1 atom stereocenters. The fourth-order valence-corrected chi connectivity index (χ4v) is 1.52. The molecule has 0 saturated heterocycles. The number of phenols is 1. The minimum Gasteiger partial charge on any atom is -0.508 e. The normalized spacial score (nSPS) is 12.9. The van der Waals surface area contributed by atoms with Gasteiger partial charge < -0.3 is 5.11 Å². The SMILES string of the molecule is CC(=O)C(Br)c1ccc(C(F)F)cc1O. The molecule has 0 heterocycles. The van der Waals surface area contributed by atoms with E-state index >= 15 is 0 Å². The van der Waals surface area contributed by atoms with Crippen molar-refractivity contribution < 1.29 is 18.7 Å². The number of carbonyl (C=O) groups excluding carboxylic acids is 1. The van der Waals surface area contributed by atoms with Gasteiger partial charge in [-0.1, -0.05) is 28.1 Å². The van der Waals surface area contributed by atoms with Crippen LogP contribution in [0.25, 0.3) is 0 Å². The molecule has 0 radical (unpaired) electrons. The molecule has 1 aromatic rings. The maximum atomic E-state index is 12.2. The van der Waals surface area contributed by atoms with Gasteiger partial charge in [0, 0.05) is 11.1 Å². The molecule has 0 aliphatic heterocycles. The van der Waals surface area contributed by atoms with Gasteiger partial charge in [-0.3, -0.25) is 4.79 Å². The van der Waals surface area contributed by atoms with Crippen molar-refractivity contribution in [1.29, 1.82) is 0 Å². The molecular formula is C10H9BrF2O2. The van der Waals surface area contributed by atoms with Crippen LogP contribution in [0, 0.1) is 0 Å². The van der Waals surface area contributed by atoms with E-state index < -0.39 is 11.3 Å². The van der Waals surface area contributed by atoms with Gasteiger partial charge >= 0.3 is 0 Å². The number of carbonyl (C=O) groups is 1. The van der Waals surface area contributed by atoms with Crippen LogP contribution in [0.4, 0.5) is 8.78 Å². The van der Waals surface area contributed by atoms with Crippen molar-refractivity contribution in [2.24, 2.45) is 0 Å². The van der Waals surface area contributed by atoms with E-state index in [9.17, 15) is 18.7 Å². The van der Waals surface area contributed by atoms with Crippen molar-refractivity contribution in [2.45, 2.75) is 18.2 Å². The molecule has 0 spiro atoms. The first-order valence-electron chi connectivity index (χ1n) is 4.19. The number of ketones is 1. The fourth-order valence-electron chi connectivity index (χ4n) is 1.13. The first kappa shape index (κ1) is 12.1. The van der Waals surface area contributed by atoms with Crippen molar-refractivity contribution in [3.8, 4) is 5.75 Å². The van der Waals surface area contributed by atoms with Crippen LogP contribution in [-0.4, -0.2) is 10.9 Å². The average molecular weight is 279 g/mol. The molecule has 2 nitrogen and oxygen atoms in total. The largest absolute Gasteiger partial charge is 0.508 e. The molecule has 0 bridgehead atoms. The first-order chi connectivity index (χ1) is 6.93. The molecule has 82 valence electrons. The van der Waals surface area contributed by atoms with E-state index in [4.69, 9.17) is 0 Å². The summed E-state index contributed by atoms with van der Waals surface area (Å²) in [5.74, 6) is -0.500. The number of hydrogen-bond donors (Lipinski definition) is 1. The van der Waals surface area contributed by atoms with Crippen LogP contribution in [0.15, 0.2) is 18.2 Å². The summed E-state index contributed by atoms with van der Waals surface area (Å²) >= 11 is 3.07. The predicted octanol–water partition coefficient (Wildman–Crippen LogP) is 3.35. The van der Waals surface area contributed by atoms with E-state index in [0.29, 0.717) is 5.56 Å². The lowest BCUT2D eigenvalue weighted by molar-refractivity contribution is -0.116. The van der Waals surface area contributed by atoms with E-state index in [1.54, 1.807) is 0 Å². The number of phenolic OH excluding ortho intramolecular Hbond substituents is 1. The molecule has 0 aliphatic rings. The lowest BCUT2D eigenvalue weighted by Crippen LogP contribution is -2.01. The minimum atomic E-state index is -2.63. The molecule has 5 heteroatoms. The monoisotopic (exact) mass is 278 g/mol.